The maximum absolute atomic E-state index is 13.5. The van der Waals surface area contributed by atoms with Gasteiger partial charge >= 0.3 is 5.97 Å². The van der Waals surface area contributed by atoms with E-state index in [1.54, 1.807) is 0 Å². The lowest BCUT2D eigenvalue weighted by Crippen LogP contribution is -2.50. The first-order valence-electron chi connectivity index (χ1n) is 10.6. The van der Waals surface area contributed by atoms with Crippen LogP contribution in [0.25, 0.3) is 0 Å². The fraction of sp³-hybridized carbons (Fsp3) is 0.296. The van der Waals surface area contributed by atoms with Gasteiger partial charge in [-0.3, -0.25) is 9.69 Å². The summed E-state index contributed by atoms with van der Waals surface area (Å²) in [4.78, 5) is 15.8. The minimum atomic E-state index is -0.534. The van der Waals surface area contributed by atoms with Crippen LogP contribution >= 0.6 is 0 Å². The Labute approximate surface area is 179 Å². The SMILES string of the molecule is CC(C)(C)OC(=O)[C@H]1[C@H](c2ccccc2)c2ccccc2CN1Cc1ccccc1. The summed E-state index contributed by atoms with van der Waals surface area (Å²) in [6, 6.07) is 28.8. The minimum absolute atomic E-state index is 0.0743. The van der Waals surface area contributed by atoms with Crippen molar-refractivity contribution in [3.05, 3.63) is 107 Å². The van der Waals surface area contributed by atoms with E-state index in [2.05, 4.69) is 53.4 Å². The molecule has 0 saturated heterocycles. The average Bonchev–Trinajstić information content (AvgIpc) is 2.73. The fourth-order valence-corrected chi connectivity index (χ4v) is 4.32. The van der Waals surface area contributed by atoms with Gasteiger partial charge in [0, 0.05) is 19.0 Å². The molecule has 0 aromatic heterocycles. The van der Waals surface area contributed by atoms with E-state index < -0.39 is 5.60 Å². The number of rotatable bonds is 4. The summed E-state index contributed by atoms with van der Waals surface area (Å²) in [5, 5.41) is 0. The first-order valence-corrected chi connectivity index (χ1v) is 10.6. The van der Waals surface area contributed by atoms with E-state index in [-0.39, 0.29) is 17.9 Å². The molecule has 0 spiro atoms. The molecule has 3 aromatic rings. The maximum atomic E-state index is 13.5. The molecular weight excluding hydrogens is 370 g/mol. The number of esters is 1. The highest BCUT2D eigenvalue weighted by Crippen LogP contribution is 2.39. The van der Waals surface area contributed by atoms with Crippen LogP contribution in [0.5, 0.6) is 0 Å². The number of hydrogen-bond donors (Lipinski definition) is 0. The molecule has 1 aliphatic heterocycles. The van der Waals surface area contributed by atoms with Crippen LogP contribution in [0.15, 0.2) is 84.9 Å². The smallest absolute Gasteiger partial charge is 0.324 e. The monoisotopic (exact) mass is 399 g/mol. The van der Waals surface area contributed by atoms with Crippen LogP contribution in [0.3, 0.4) is 0 Å². The molecule has 3 aromatic carbocycles. The van der Waals surface area contributed by atoms with E-state index >= 15 is 0 Å². The van der Waals surface area contributed by atoms with Gasteiger partial charge in [0.15, 0.2) is 0 Å². The van der Waals surface area contributed by atoms with Crippen LogP contribution in [0.2, 0.25) is 0 Å². The van der Waals surface area contributed by atoms with Crippen LogP contribution in [-0.4, -0.2) is 22.5 Å². The van der Waals surface area contributed by atoms with Crippen molar-refractivity contribution in [1.29, 1.82) is 0 Å². The molecule has 0 saturated carbocycles. The van der Waals surface area contributed by atoms with Crippen molar-refractivity contribution in [3.8, 4) is 0 Å². The maximum Gasteiger partial charge on any atom is 0.324 e. The van der Waals surface area contributed by atoms with E-state index in [0.717, 1.165) is 12.1 Å². The molecule has 0 fully saturated rings. The van der Waals surface area contributed by atoms with E-state index in [1.807, 2.05) is 57.2 Å². The topological polar surface area (TPSA) is 29.5 Å². The zero-order chi connectivity index (χ0) is 21.1. The number of ether oxygens (including phenoxy) is 1. The highest BCUT2D eigenvalue weighted by atomic mass is 16.6. The molecule has 2 atom stereocenters. The number of fused-ring (bicyclic) bond motifs is 1. The Bertz CT molecular complexity index is 992. The van der Waals surface area contributed by atoms with Gasteiger partial charge in [-0.15, -0.1) is 0 Å². The number of hydrogen-bond acceptors (Lipinski definition) is 3. The highest BCUT2D eigenvalue weighted by molar-refractivity contribution is 5.79. The molecular formula is C27H29NO2. The van der Waals surface area contributed by atoms with Gasteiger partial charge in [-0.1, -0.05) is 84.9 Å². The summed E-state index contributed by atoms with van der Waals surface area (Å²) in [7, 11) is 0. The van der Waals surface area contributed by atoms with Crippen LogP contribution in [0.1, 0.15) is 48.9 Å². The van der Waals surface area contributed by atoms with Crippen LogP contribution < -0.4 is 0 Å². The normalized spacial score (nSPS) is 19.2. The number of benzene rings is 3. The van der Waals surface area contributed by atoms with E-state index in [9.17, 15) is 4.79 Å². The van der Waals surface area contributed by atoms with Gasteiger partial charge in [0.05, 0.1) is 0 Å². The van der Waals surface area contributed by atoms with Gasteiger partial charge in [0.1, 0.15) is 11.6 Å². The molecule has 3 heteroatoms. The molecule has 30 heavy (non-hydrogen) atoms. The van der Waals surface area contributed by atoms with Gasteiger partial charge in [-0.25, -0.2) is 0 Å². The second-order valence-corrected chi connectivity index (χ2v) is 8.96. The lowest BCUT2D eigenvalue weighted by Gasteiger charge is -2.42. The molecule has 4 rings (SSSR count). The Balaban J connectivity index is 1.81. The van der Waals surface area contributed by atoms with Gasteiger partial charge in [-0.05, 0) is 43.0 Å². The predicted molar refractivity (Wildman–Crippen MR) is 120 cm³/mol. The lowest BCUT2D eigenvalue weighted by molar-refractivity contribution is -0.163. The zero-order valence-electron chi connectivity index (χ0n) is 17.9. The van der Waals surface area contributed by atoms with Crippen LogP contribution in [0.4, 0.5) is 0 Å². The van der Waals surface area contributed by atoms with Crippen molar-refractivity contribution in [2.45, 2.75) is 51.4 Å². The largest absolute Gasteiger partial charge is 0.459 e. The summed E-state index contributed by atoms with van der Waals surface area (Å²) < 4.78 is 5.93. The van der Waals surface area contributed by atoms with Crippen molar-refractivity contribution in [2.24, 2.45) is 0 Å². The first kappa shape index (κ1) is 20.4. The fourth-order valence-electron chi connectivity index (χ4n) is 4.32. The summed E-state index contributed by atoms with van der Waals surface area (Å²) in [6.45, 7) is 7.21. The molecule has 0 aliphatic carbocycles. The summed E-state index contributed by atoms with van der Waals surface area (Å²) >= 11 is 0. The van der Waals surface area contributed by atoms with Gasteiger partial charge in [-0.2, -0.15) is 0 Å². The quantitative estimate of drug-likeness (QED) is 0.539. The molecule has 1 heterocycles. The average molecular weight is 400 g/mol. The Morgan fingerprint density at radius 2 is 1.50 bits per heavy atom. The lowest BCUT2D eigenvalue weighted by atomic mass is 9.78. The summed E-state index contributed by atoms with van der Waals surface area (Å²) in [6.07, 6.45) is 0. The van der Waals surface area contributed by atoms with Crippen molar-refractivity contribution in [2.75, 3.05) is 0 Å². The molecule has 0 unspecified atom stereocenters. The molecule has 0 amide bonds. The Kier molecular flexibility index (Phi) is 5.74. The van der Waals surface area contributed by atoms with Gasteiger partial charge in [0.25, 0.3) is 0 Å². The Morgan fingerprint density at radius 3 is 2.17 bits per heavy atom. The van der Waals surface area contributed by atoms with E-state index in [0.29, 0.717) is 6.54 Å². The Morgan fingerprint density at radius 1 is 0.900 bits per heavy atom. The van der Waals surface area contributed by atoms with E-state index in [1.165, 1.54) is 16.7 Å². The van der Waals surface area contributed by atoms with Crippen LogP contribution in [0, 0.1) is 0 Å². The third kappa shape index (κ3) is 4.47. The number of nitrogens with zero attached hydrogens (tertiary/aromatic N) is 1. The van der Waals surface area contributed by atoms with Crippen molar-refractivity contribution in [3.63, 3.8) is 0 Å². The van der Waals surface area contributed by atoms with Gasteiger partial charge < -0.3 is 4.74 Å². The molecule has 0 bridgehead atoms. The molecule has 154 valence electrons. The molecule has 0 N–H and O–H groups in total. The Hall–Kier alpha value is -2.91. The molecule has 0 radical (unpaired) electrons. The first-order chi connectivity index (χ1) is 14.4. The second kappa shape index (κ2) is 8.45. The second-order valence-electron chi connectivity index (χ2n) is 8.96. The van der Waals surface area contributed by atoms with Crippen molar-refractivity contribution < 1.29 is 9.53 Å². The standard InChI is InChI=1S/C27H29NO2/c1-27(2,3)30-26(29)25-24(21-14-8-5-9-15-21)23-17-11-10-16-22(23)19-28(25)18-20-12-6-4-7-13-20/h4-17,24-25H,18-19H2,1-3H3/t24-,25-/m1/s1. The van der Waals surface area contributed by atoms with Crippen molar-refractivity contribution >= 4 is 5.97 Å². The van der Waals surface area contributed by atoms with Crippen molar-refractivity contribution in [1.82, 2.24) is 4.90 Å². The molecule has 3 nitrogen and oxygen atoms in total. The predicted octanol–water partition coefficient (Wildman–Crippen LogP) is 5.54. The minimum Gasteiger partial charge on any atom is -0.459 e. The van der Waals surface area contributed by atoms with Crippen LogP contribution in [-0.2, 0) is 22.6 Å². The van der Waals surface area contributed by atoms with Gasteiger partial charge in [0.2, 0.25) is 0 Å². The zero-order valence-corrected chi connectivity index (χ0v) is 17.9. The number of carbonyl (C=O) groups is 1. The highest BCUT2D eigenvalue weighted by Gasteiger charge is 2.42. The van der Waals surface area contributed by atoms with E-state index in [4.69, 9.17) is 4.74 Å². The number of carbonyl (C=O) groups excluding carboxylic acids is 1. The third-order valence-corrected chi connectivity index (χ3v) is 5.51. The molecule has 1 aliphatic rings. The summed E-state index contributed by atoms with van der Waals surface area (Å²) in [5.74, 6) is -0.239. The summed E-state index contributed by atoms with van der Waals surface area (Å²) in [5.41, 5.74) is 4.27. The third-order valence-electron chi connectivity index (χ3n) is 5.51.